The lowest BCUT2D eigenvalue weighted by Gasteiger charge is -2.61. The van der Waals surface area contributed by atoms with Crippen molar-refractivity contribution in [3.8, 4) is 0 Å². The van der Waals surface area contributed by atoms with Gasteiger partial charge in [-0.25, -0.2) is 0 Å². The summed E-state index contributed by atoms with van der Waals surface area (Å²) in [6, 6.07) is 8.29. The van der Waals surface area contributed by atoms with Crippen molar-refractivity contribution < 1.29 is 9.53 Å². The number of carbonyl (C=O) groups is 1. The third-order valence-electron chi connectivity index (χ3n) is 10.7. The number of Topliss-reactive ketones (excluding diaryl/α,β-unsaturated/α-hetero) is 1. The zero-order valence-electron chi connectivity index (χ0n) is 20.2. The third kappa shape index (κ3) is 3.35. The topological polar surface area (TPSA) is 26.3 Å². The van der Waals surface area contributed by atoms with Gasteiger partial charge >= 0.3 is 0 Å². The maximum Gasteiger partial charge on any atom is 0.166 e. The average Bonchev–Trinajstić information content (AvgIpc) is 3.11. The predicted molar refractivity (Wildman–Crippen MR) is 126 cm³/mol. The van der Waals surface area contributed by atoms with Crippen LogP contribution in [0, 0.1) is 53.3 Å². The van der Waals surface area contributed by atoms with Crippen LogP contribution in [0.3, 0.4) is 0 Å². The maximum absolute atomic E-state index is 13.6. The van der Waals surface area contributed by atoms with Crippen molar-refractivity contribution in [1.29, 1.82) is 0 Å². The summed E-state index contributed by atoms with van der Waals surface area (Å²) < 4.78 is 5.94. The molecule has 1 aromatic carbocycles. The van der Waals surface area contributed by atoms with Crippen LogP contribution in [0.1, 0.15) is 87.6 Å². The van der Waals surface area contributed by atoms with Crippen molar-refractivity contribution in [1.82, 2.24) is 0 Å². The van der Waals surface area contributed by atoms with Crippen molar-refractivity contribution in [2.75, 3.05) is 13.7 Å². The fourth-order valence-corrected chi connectivity index (χ4v) is 9.24. The van der Waals surface area contributed by atoms with Crippen molar-refractivity contribution in [3.63, 3.8) is 0 Å². The largest absolute Gasteiger partial charge is 0.384 e. The van der Waals surface area contributed by atoms with Crippen LogP contribution < -0.4 is 0 Å². The van der Waals surface area contributed by atoms with E-state index in [-0.39, 0.29) is 11.3 Å². The number of ketones is 1. The zero-order valence-corrected chi connectivity index (χ0v) is 20.2. The number of hydrogen-bond donors (Lipinski definition) is 0. The summed E-state index contributed by atoms with van der Waals surface area (Å²) in [4.78, 5) is 13.6. The minimum atomic E-state index is 0.186. The van der Waals surface area contributed by atoms with E-state index in [1.54, 1.807) is 0 Å². The first kappa shape index (κ1) is 21.7. The van der Waals surface area contributed by atoms with Crippen LogP contribution in [0.25, 0.3) is 0 Å². The predicted octanol–water partition coefficient (Wildman–Crippen LogP) is 7.10. The minimum absolute atomic E-state index is 0.186. The number of rotatable bonds is 4. The van der Waals surface area contributed by atoms with Gasteiger partial charge in [0.05, 0.1) is 6.61 Å². The zero-order chi connectivity index (χ0) is 21.8. The Hall–Kier alpha value is -1.15. The maximum atomic E-state index is 13.6. The molecule has 2 nitrogen and oxygen atoms in total. The summed E-state index contributed by atoms with van der Waals surface area (Å²) in [6.07, 6.45) is 11.8. The molecule has 0 amide bonds. The molecule has 4 aliphatic rings. The standard InChI is InChI=1S/C29H42O2/c1-19-6-5-7-21(16-19)27(30)26-11-10-24-23-9-8-22-17-20(2)12-15-29(22,18-31-4)25(23)13-14-28(24,26)3/h5-7,16,20,22-26H,8-15,17-18H2,1-4H3. The molecule has 0 bridgehead atoms. The molecule has 8 unspecified atom stereocenters. The number of carbonyl (C=O) groups excluding carboxylic acids is 1. The highest BCUT2D eigenvalue weighted by atomic mass is 16.5. The first-order valence-electron chi connectivity index (χ1n) is 13.0. The SMILES string of the molecule is COCC12CCC(C)CC1CCC1C3CCC(C(=O)c4cccc(C)c4)C3(C)CCC12. The Morgan fingerprint density at radius 3 is 2.68 bits per heavy atom. The summed E-state index contributed by atoms with van der Waals surface area (Å²) in [5, 5.41) is 0. The second kappa shape index (κ2) is 8.01. The van der Waals surface area contributed by atoms with Gasteiger partial charge in [-0.15, -0.1) is 0 Å². The smallest absolute Gasteiger partial charge is 0.166 e. The first-order valence-corrected chi connectivity index (χ1v) is 13.0. The van der Waals surface area contributed by atoms with Crippen LogP contribution >= 0.6 is 0 Å². The van der Waals surface area contributed by atoms with Gasteiger partial charge in [-0.3, -0.25) is 4.79 Å². The van der Waals surface area contributed by atoms with Gasteiger partial charge in [0.25, 0.3) is 0 Å². The van der Waals surface area contributed by atoms with E-state index >= 15 is 0 Å². The van der Waals surface area contributed by atoms with Crippen LogP contribution in [0.4, 0.5) is 0 Å². The molecule has 0 aromatic heterocycles. The Bertz CT molecular complexity index is 830. The minimum Gasteiger partial charge on any atom is -0.384 e. The summed E-state index contributed by atoms with van der Waals surface area (Å²) >= 11 is 0. The van der Waals surface area contributed by atoms with E-state index in [2.05, 4.69) is 32.9 Å². The summed E-state index contributed by atoms with van der Waals surface area (Å²) in [7, 11) is 1.92. The molecule has 2 heteroatoms. The number of methoxy groups -OCH3 is 1. The van der Waals surface area contributed by atoms with Crippen molar-refractivity contribution in [2.45, 2.75) is 78.6 Å². The van der Waals surface area contributed by atoms with Gasteiger partial charge in [0.2, 0.25) is 0 Å². The van der Waals surface area contributed by atoms with E-state index in [4.69, 9.17) is 4.74 Å². The molecule has 0 radical (unpaired) electrons. The summed E-state index contributed by atoms with van der Waals surface area (Å²) in [5.41, 5.74) is 2.73. The Labute approximate surface area is 189 Å². The Balaban J connectivity index is 1.42. The molecule has 0 aliphatic heterocycles. The van der Waals surface area contributed by atoms with Crippen LogP contribution in [0.5, 0.6) is 0 Å². The number of ether oxygens (including phenoxy) is 1. The van der Waals surface area contributed by atoms with Crippen LogP contribution in [0.2, 0.25) is 0 Å². The molecule has 4 aliphatic carbocycles. The van der Waals surface area contributed by atoms with E-state index in [0.29, 0.717) is 11.2 Å². The van der Waals surface area contributed by atoms with E-state index in [9.17, 15) is 4.79 Å². The van der Waals surface area contributed by atoms with Gasteiger partial charge in [0.15, 0.2) is 5.78 Å². The molecule has 4 fully saturated rings. The molecule has 0 heterocycles. The normalized spacial score (nSPS) is 44.3. The van der Waals surface area contributed by atoms with Gasteiger partial charge in [-0.1, -0.05) is 44.0 Å². The highest BCUT2D eigenvalue weighted by molar-refractivity contribution is 5.98. The highest BCUT2D eigenvalue weighted by Crippen LogP contribution is 2.68. The van der Waals surface area contributed by atoms with Crippen molar-refractivity contribution in [3.05, 3.63) is 35.4 Å². The lowest BCUT2D eigenvalue weighted by atomic mass is 9.43. The number of benzene rings is 1. The summed E-state index contributed by atoms with van der Waals surface area (Å²) in [5.74, 6) is 4.69. The molecule has 1 aromatic rings. The number of fused-ring (bicyclic) bond motifs is 5. The quantitative estimate of drug-likeness (QED) is 0.484. The fourth-order valence-electron chi connectivity index (χ4n) is 9.24. The van der Waals surface area contributed by atoms with E-state index in [0.717, 1.165) is 48.2 Å². The second-order valence-corrected chi connectivity index (χ2v) is 12.1. The number of hydrogen-bond acceptors (Lipinski definition) is 2. The van der Waals surface area contributed by atoms with Crippen molar-refractivity contribution >= 4 is 5.78 Å². The molecule has 170 valence electrons. The molecule has 8 atom stereocenters. The summed E-state index contributed by atoms with van der Waals surface area (Å²) in [6.45, 7) is 8.00. The molecule has 0 N–H and O–H groups in total. The van der Waals surface area contributed by atoms with Crippen LogP contribution in [0.15, 0.2) is 24.3 Å². The molecule has 31 heavy (non-hydrogen) atoms. The molecular weight excluding hydrogens is 380 g/mol. The van der Waals surface area contributed by atoms with Crippen LogP contribution in [-0.4, -0.2) is 19.5 Å². The lowest BCUT2D eigenvalue weighted by molar-refractivity contribution is -0.148. The van der Waals surface area contributed by atoms with E-state index in [1.165, 1.54) is 56.9 Å². The fraction of sp³-hybridized carbons (Fsp3) is 0.759. The molecule has 0 spiro atoms. The Kier molecular flexibility index (Phi) is 5.60. The van der Waals surface area contributed by atoms with Crippen LogP contribution in [-0.2, 0) is 4.74 Å². The van der Waals surface area contributed by atoms with Gasteiger partial charge in [-0.2, -0.15) is 0 Å². The Morgan fingerprint density at radius 1 is 1.06 bits per heavy atom. The van der Waals surface area contributed by atoms with E-state index < -0.39 is 0 Å². The molecular formula is C29H42O2. The first-order chi connectivity index (χ1) is 14.9. The molecule has 0 saturated heterocycles. The van der Waals surface area contributed by atoms with E-state index in [1.807, 2.05) is 19.2 Å². The lowest BCUT2D eigenvalue weighted by Crippen LogP contribution is -2.56. The molecule has 4 saturated carbocycles. The van der Waals surface area contributed by atoms with Crippen molar-refractivity contribution in [2.24, 2.45) is 46.3 Å². The molecule has 5 rings (SSSR count). The Morgan fingerprint density at radius 2 is 1.90 bits per heavy atom. The second-order valence-electron chi connectivity index (χ2n) is 12.1. The third-order valence-corrected chi connectivity index (χ3v) is 10.7. The van der Waals surface area contributed by atoms with Gasteiger partial charge in [-0.05, 0) is 105 Å². The van der Waals surface area contributed by atoms with Gasteiger partial charge < -0.3 is 4.74 Å². The number of aryl methyl sites for hydroxylation is 1. The van der Waals surface area contributed by atoms with Gasteiger partial charge in [0, 0.05) is 18.6 Å². The average molecular weight is 423 g/mol. The monoisotopic (exact) mass is 422 g/mol. The highest BCUT2D eigenvalue weighted by Gasteiger charge is 2.62. The van der Waals surface area contributed by atoms with Gasteiger partial charge in [0.1, 0.15) is 0 Å².